The Morgan fingerprint density at radius 1 is 1.50 bits per heavy atom. The molecule has 1 aromatic rings. The molecular weight excluding hydrogens is 200 g/mol. The van der Waals surface area contributed by atoms with Gasteiger partial charge in [0.05, 0.1) is 17.6 Å². The van der Waals surface area contributed by atoms with Crippen molar-refractivity contribution in [3.63, 3.8) is 0 Å². The van der Waals surface area contributed by atoms with Gasteiger partial charge in [0.1, 0.15) is 0 Å². The first-order valence-corrected chi connectivity index (χ1v) is 4.86. The summed E-state index contributed by atoms with van der Waals surface area (Å²) in [7, 11) is 4.02. The predicted octanol–water partition coefficient (Wildman–Crippen LogP) is 0.693. The van der Waals surface area contributed by atoms with Crippen molar-refractivity contribution in [3.8, 4) is 0 Å². The summed E-state index contributed by atoms with van der Waals surface area (Å²) in [6, 6.07) is 0. The first kappa shape index (κ1) is 11.4. The normalized spacial score (nSPS) is 10.9. The van der Waals surface area contributed by atoms with Gasteiger partial charge in [-0.3, -0.25) is 4.98 Å². The van der Waals surface area contributed by atoms with Crippen molar-refractivity contribution in [2.24, 2.45) is 5.73 Å². The molecular formula is C9H15ClN4. The van der Waals surface area contributed by atoms with Gasteiger partial charge in [0.15, 0.2) is 5.15 Å². The largest absolute Gasteiger partial charge is 0.325 e. The summed E-state index contributed by atoms with van der Waals surface area (Å²) in [6.45, 7) is 1.31. The molecule has 1 heterocycles. The van der Waals surface area contributed by atoms with E-state index in [4.69, 9.17) is 17.3 Å². The number of halogens is 1. The molecule has 1 aromatic heterocycles. The van der Waals surface area contributed by atoms with Crippen LogP contribution in [-0.4, -0.2) is 35.5 Å². The van der Waals surface area contributed by atoms with Gasteiger partial charge >= 0.3 is 0 Å². The Hall–Kier alpha value is -0.710. The van der Waals surface area contributed by atoms with E-state index in [0.29, 0.717) is 11.7 Å². The van der Waals surface area contributed by atoms with Gasteiger partial charge in [-0.1, -0.05) is 11.6 Å². The summed E-state index contributed by atoms with van der Waals surface area (Å²) >= 11 is 5.90. The molecule has 4 nitrogen and oxygen atoms in total. The summed E-state index contributed by atoms with van der Waals surface area (Å²) in [4.78, 5) is 10.4. The van der Waals surface area contributed by atoms with Crippen molar-refractivity contribution in [2.45, 2.75) is 13.0 Å². The fourth-order valence-electron chi connectivity index (χ4n) is 1.04. The summed E-state index contributed by atoms with van der Waals surface area (Å²) in [5, 5.41) is 0.476. The van der Waals surface area contributed by atoms with Gasteiger partial charge < -0.3 is 10.6 Å². The molecule has 0 radical (unpaired) electrons. The molecule has 0 amide bonds. The highest BCUT2D eigenvalue weighted by molar-refractivity contribution is 6.29. The molecule has 0 aliphatic rings. The Bertz CT molecular complexity index is 301. The number of nitrogens with two attached hydrogens (primary N) is 1. The minimum atomic E-state index is 0.402. The molecule has 0 saturated heterocycles. The van der Waals surface area contributed by atoms with E-state index in [1.807, 2.05) is 14.1 Å². The van der Waals surface area contributed by atoms with Crippen molar-refractivity contribution in [3.05, 3.63) is 22.7 Å². The summed E-state index contributed by atoms with van der Waals surface area (Å²) in [6.07, 6.45) is 2.41. The lowest BCUT2D eigenvalue weighted by Gasteiger charge is -2.09. The number of aromatic nitrogens is 2. The van der Waals surface area contributed by atoms with Crippen molar-refractivity contribution in [2.75, 3.05) is 20.6 Å². The zero-order chi connectivity index (χ0) is 10.6. The van der Waals surface area contributed by atoms with Gasteiger partial charge in [0, 0.05) is 19.5 Å². The second-order valence-electron chi connectivity index (χ2n) is 3.36. The molecule has 0 aromatic carbocycles. The standard InChI is InChI=1S/C9H15ClN4/c1-14(2)4-3-8-9(10)12-6-7(5-11)13-8/h6H,3-5,11H2,1-2H3. The molecule has 14 heavy (non-hydrogen) atoms. The third kappa shape index (κ3) is 3.21. The van der Waals surface area contributed by atoms with E-state index in [2.05, 4.69) is 14.9 Å². The highest BCUT2D eigenvalue weighted by Gasteiger charge is 2.05. The second-order valence-corrected chi connectivity index (χ2v) is 3.71. The SMILES string of the molecule is CN(C)CCc1nc(CN)cnc1Cl. The Labute approximate surface area is 89.1 Å². The van der Waals surface area contributed by atoms with Crippen LogP contribution in [0.5, 0.6) is 0 Å². The Morgan fingerprint density at radius 2 is 2.21 bits per heavy atom. The van der Waals surface area contributed by atoms with E-state index >= 15 is 0 Å². The maximum atomic E-state index is 5.90. The second kappa shape index (κ2) is 5.24. The first-order valence-electron chi connectivity index (χ1n) is 4.48. The third-order valence-corrected chi connectivity index (χ3v) is 2.16. The molecule has 0 atom stereocenters. The first-order chi connectivity index (χ1) is 6.63. The quantitative estimate of drug-likeness (QED) is 0.802. The molecule has 0 saturated carbocycles. The van der Waals surface area contributed by atoms with E-state index in [1.165, 1.54) is 0 Å². The van der Waals surface area contributed by atoms with Crippen molar-refractivity contribution in [1.82, 2.24) is 14.9 Å². The van der Waals surface area contributed by atoms with E-state index in [-0.39, 0.29) is 0 Å². The van der Waals surface area contributed by atoms with Crippen LogP contribution in [0, 0.1) is 0 Å². The van der Waals surface area contributed by atoms with E-state index in [0.717, 1.165) is 24.4 Å². The van der Waals surface area contributed by atoms with Crippen LogP contribution in [0.1, 0.15) is 11.4 Å². The average molecular weight is 215 g/mol. The van der Waals surface area contributed by atoms with Crippen LogP contribution in [-0.2, 0) is 13.0 Å². The number of hydrogen-bond donors (Lipinski definition) is 1. The molecule has 0 aliphatic heterocycles. The van der Waals surface area contributed by atoms with Gasteiger partial charge in [-0.25, -0.2) is 4.98 Å². The number of rotatable bonds is 4. The van der Waals surface area contributed by atoms with Crippen LogP contribution in [0.4, 0.5) is 0 Å². The maximum Gasteiger partial charge on any atom is 0.150 e. The minimum absolute atomic E-state index is 0.402. The van der Waals surface area contributed by atoms with Gasteiger partial charge in [-0.15, -0.1) is 0 Å². The Kier molecular flexibility index (Phi) is 4.25. The smallest absolute Gasteiger partial charge is 0.150 e. The molecule has 2 N–H and O–H groups in total. The zero-order valence-corrected chi connectivity index (χ0v) is 9.25. The van der Waals surface area contributed by atoms with Crippen LogP contribution >= 0.6 is 11.6 Å². The number of nitrogens with zero attached hydrogens (tertiary/aromatic N) is 3. The molecule has 0 unspecified atom stereocenters. The van der Waals surface area contributed by atoms with Gasteiger partial charge in [0.25, 0.3) is 0 Å². The highest BCUT2D eigenvalue weighted by Crippen LogP contribution is 2.11. The third-order valence-electron chi connectivity index (χ3n) is 1.85. The van der Waals surface area contributed by atoms with Crippen molar-refractivity contribution in [1.29, 1.82) is 0 Å². The predicted molar refractivity (Wildman–Crippen MR) is 57.2 cm³/mol. The lowest BCUT2D eigenvalue weighted by atomic mass is 10.3. The van der Waals surface area contributed by atoms with Crippen LogP contribution in [0.2, 0.25) is 5.15 Å². The number of hydrogen-bond acceptors (Lipinski definition) is 4. The maximum absolute atomic E-state index is 5.90. The molecule has 78 valence electrons. The van der Waals surface area contributed by atoms with E-state index < -0.39 is 0 Å². The van der Waals surface area contributed by atoms with Crippen LogP contribution in [0.25, 0.3) is 0 Å². The molecule has 0 spiro atoms. The van der Waals surface area contributed by atoms with Crippen molar-refractivity contribution < 1.29 is 0 Å². The van der Waals surface area contributed by atoms with E-state index in [9.17, 15) is 0 Å². The molecule has 1 rings (SSSR count). The fraction of sp³-hybridized carbons (Fsp3) is 0.556. The monoisotopic (exact) mass is 214 g/mol. The molecule has 0 bridgehead atoms. The lowest BCUT2D eigenvalue weighted by Crippen LogP contribution is -2.16. The number of likely N-dealkylation sites (N-methyl/N-ethyl adjacent to an activating group) is 1. The average Bonchev–Trinajstić information content (AvgIpc) is 2.16. The van der Waals surface area contributed by atoms with Crippen LogP contribution < -0.4 is 5.73 Å². The zero-order valence-electron chi connectivity index (χ0n) is 8.50. The van der Waals surface area contributed by atoms with Crippen LogP contribution in [0.15, 0.2) is 6.20 Å². The van der Waals surface area contributed by atoms with Gasteiger partial charge in [0.2, 0.25) is 0 Å². The van der Waals surface area contributed by atoms with E-state index in [1.54, 1.807) is 6.20 Å². The Morgan fingerprint density at radius 3 is 2.79 bits per heavy atom. The molecule has 0 aliphatic carbocycles. The molecule has 5 heteroatoms. The Balaban J connectivity index is 2.73. The summed E-state index contributed by atoms with van der Waals surface area (Å²) in [5.74, 6) is 0. The molecule has 0 fully saturated rings. The highest BCUT2D eigenvalue weighted by atomic mass is 35.5. The minimum Gasteiger partial charge on any atom is -0.325 e. The summed E-state index contributed by atoms with van der Waals surface area (Å²) < 4.78 is 0. The lowest BCUT2D eigenvalue weighted by molar-refractivity contribution is 0.411. The fourth-order valence-corrected chi connectivity index (χ4v) is 1.23. The van der Waals surface area contributed by atoms with Gasteiger partial charge in [-0.2, -0.15) is 0 Å². The summed E-state index contributed by atoms with van der Waals surface area (Å²) in [5.41, 5.74) is 7.07. The van der Waals surface area contributed by atoms with Gasteiger partial charge in [-0.05, 0) is 14.1 Å². The topological polar surface area (TPSA) is 55.0 Å². The van der Waals surface area contributed by atoms with Crippen LogP contribution in [0.3, 0.4) is 0 Å². The van der Waals surface area contributed by atoms with Crippen molar-refractivity contribution >= 4 is 11.6 Å².